The first-order valence-corrected chi connectivity index (χ1v) is 7.13. The van der Waals surface area contributed by atoms with E-state index in [0.717, 1.165) is 17.7 Å². The molecule has 0 aliphatic heterocycles. The highest BCUT2D eigenvalue weighted by Gasteiger charge is 2.12. The number of aliphatic hydroxyl groups is 1. The molecule has 0 bridgehead atoms. The number of rotatable bonds is 8. The molecule has 0 saturated carbocycles. The molecular formula is C16H27NO2. The predicted octanol–water partition coefficient (Wildman–Crippen LogP) is 2.76. The first-order chi connectivity index (χ1) is 9.02. The van der Waals surface area contributed by atoms with Gasteiger partial charge in [-0.1, -0.05) is 32.9 Å². The summed E-state index contributed by atoms with van der Waals surface area (Å²) in [4.78, 5) is 0. The summed E-state index contributed by atoms with van der Waals surface area (Å²) >= 11 is 0. The van der Waals surface area contributed by atoms with Crippen LogP contribution in [0.4, 0.5) is 0 Å². The topological polar surface area (TPSA) is 41.5 Å². The molecule has 2 unspecified atom stereocenters. The molecule has 0 radical (unpaired) electrons. The maximum Gasteiger partial charge on any atom is 0.119 e. The van der Waals surface area contributed by atoms with Crippen LogP contribution >= 0.6 is 0 Å². The van der Waals surface area contributed by atoms with Crippen LogP contribution in [0.1, 0.15) is 32.8 Å². The Bertz CT molecular complexity index is 366. The normalized spacial score (nSPS) is 14.4. The molecule has 0 aliphatic carbocycles. The Morgan fingerprint density at radius 1 is 1.32 bits per heavy atom. The molecule has 0 amide bonds. The fourth-order valence-corrected chi connectivity index (χ4v) is 2.10. The first-order valence-electron chi connectivity index (χ1n) is 7.13. The molecule has 0 aromatic heterocycles. The van der Waals surface area contributed by atoms with Gasteiger partial charge in [0.15, 0.2) is 0 Å². The van der Waals surface area contributed by atoms with E-state index in [1.54, 1.807) is 0 Å². The van der Waals surface area contributed by atoms with Crippen molar-refractivity contribution < 1.29 is 9.84 Å². The fraction of sp³-hybridized carbons (Fsp3) is 0.625. The Kier molecular flexibility index (Phi) is 6.89. The van der Waals surface area contributed by atoms with Crippen LogP contribution in [0.25, 0.3) is 0 Å². The lowest BCUT2D eigenvalue weighted by atomic mass is 10.0. The molecular weight excluding hydrogens is 238 g/mol. The van der Waals surface area contributed by atoms with Crippen LogP contribution in [0.5, 0.6) is 5.75 Å². The lowest BCUT2D eigenvalue weighted by Crippen LogP contribution is -2.40. The zero-order chi connectivity index (χ0) is 14.3. The van der Waals surface area contributed by atoms with Crippen LogP contribution in [-0.4, -0.2) is 30.4 Å². The number of aliphatic hydroxyl groups excluding tert-OH is 1. The van der Waals surface area contributed by atoms with Gasteiger partial charge in [0.05, 0.1) is 0 Å². The maximum absolute atomic E-state index is 9.92. The zero-order valence-corrected chi connectivity index (χ0v) is 12.5. The van der Waals surface area contributed by atoms with Gasteiger partial charge in [-0.2, -0.15) is 0 Å². The van der Waals surface area contributed by atoms with E-state index in [1.807, 2.05) is 31.2 Å². The summed E-state index contributed by atoms with van der Waals surface area (Å²) in [7, 11) is 0. The average Bonchev–Trinajstić information content (AvgIpc) is 2.37. The van der Waals surface area contributed by atoms with Gasteiger partial charge in [-0.25, -0.2) is 0 Å². The van der Waals surface area contributed by atoms with Gasteiger partial charge >= 0.3 is 0 Å². The molecule has 0 spiro atoms. The second kappa shape index (κ2) is 8.18. The van der Waals surface area contributed by atoms with Crippen molar-refractivity contribution in [3.63, 3.8) is 0 Å². The van der Waals surface area contributed by atoms with Crippen molar-refractivity contribution in [1.29, 1.82) is 0 Å². The summed E-state index contributed by atoms with van der Waals surface area (Å²) in [6, 6.07) is 8.33. The number of aryl methyl sites for hydroxylation is 1. The quantitative estimate of drug-likeness (QED) is 0.759. The molecule has 19 heavy (non-hydrogen) atoms. The van der Waals surface area contributed by atoms with Gasteiger partial charge in [0.25, 0.3) is 0 Å². The number of benzene rings is 1. The third-order valence-corrected chi connectivity index (χ3v) is 3.29. The summed E-state index contributed by atoms with van der Waals surface area (Å²) in [6.45, 7) is 9.47. The molecule has 1 aromatic carbocycles. The summed E-state index contributed by atoms with van der Waals surface area (Å²) in [5.41, 5.74) is 1.16. The molecule has 0 fully saturated rings. The van der Waals surface area contributed by atoms with E-state index in [1.165, 1.54) is 0 Å². The van der Waals surface area contributed by atoms with Crippen LogP contribution < -0.4 is 10.1 Å². The van der Waals surface area contributed by atoms with Gasteiger partial charge in [-0.15, -0.1) is 0 Å². The second-order valence-corrected chi connectivity index (χ2v) is 5.45. The minimum atomic E-state index is -0.478. The monoisotopic (exact) mass is 265 g/mol. The average molecular weight is 265 g/mol. The lowest BCUT2D eigenvalue weighted by molar-refractivity contribution is 0.101. The van der Waals surface area contributed by atoms with Crippen LogP contribution in [0, 0.1) is 12.8 Å². The maximum atomic E-state index is 9.92. The third kappa shape index (κ3) is 6.08. The largest absolute Gasteiger partial charge is 0.491 e. The Labute approximate surface area is 117 Å². The smallest absolute Gasteiger partial charge is 0.119 e. The number of hydrogen-bond donors (Lipinski definition) is 2. The van der Waals surface area contributed by atoms with E-state index in [2.05, 4.69) is 26.1 Å². The Balaban J connectivity index is 2.29. The molecule has 0 saturated heterocycles. The lowest BCUT2D eigenvalue weighted by Gasteiger charge is -2.22. The summed E-state index contributed by atoms with van der Waals surface area (Å²) in [5, 5.41) is 13.3. The van der Waals surface area contributed by atoms with Crippen LogP contribution in [0.15, 0.2) is 24.3 Å². The molecule has 1 aromatic rings. The molecule has 2 N–H and O–H groups in total. The van der Waals surface area contributed by atoms with E-state index in [0.29, 0.717) is 25.1 Å². The highest BCUT2D eigenvalue weighted by atomic mass is 16.5. The number of ether oxygens (including phenoxy) is 1. The predicted molar refractivity (Wildman–Crippen MR) is 79.6 cm³/mol. The van der Waals surface area contributed by atoms with Crippen molar-refractivity contribution >= 4 is 0 Å². The summed E-state index contributed by atoms with van der Waals surface area (Å²) < 4.78 is 5.59. The van der Waals surface area contributed by atoms with Crippen LogP contribution in [0.2, 0.25) is 0 Å². The van der Waals surface area contributed by atoms with Crippen molar-refractivity contribution in [1.82, 2.24) is 5.32 Å². The van der Waals surface area contributed by atoms with Gasteiger partial charge in [0, 0.05) is 12.6 Å². The fourth-order valence-electron chi connectivity index (χ4n) is 2.10. The van der Waals surface area contributed by atoms with Crippen LogP contribution in [0.3, 0.4) is 0 Å². The number of hydrogen-bond acceptors (Lipinski definition) is 3. The van der Waals surface area contributed by atoms with E-state index in [-0.39, 0.29) is 0 Å². The van der Waals surface area contributed by atoms with Gasteiger partial charge in [-0.05, 0) is 37.0 Å². The minimum Gasteiger partial charge on any atom is -0.491 e. The third-order valence-electron chi connectivity index (χ3n) is 3.29. The SMILES string of the molecule is CCC(NCC(O)COc1cccc(C)c1)C(C)C. The molecule has 0 aliphatic rings. The Hall–Kier alpha value is -1.06. The zero-order valence-electron chi connectivity index (χ0n) is 12.5. The highest BCUT2D eigenvalue weighted by molar-refractivity contribution is 5.27. The summed E-state index contributed by atoms with van der Waals surface area (Å²) in [5.74, 6) is 1.39. The highest BCUT2D eigenvalue weighted by Crippen LogP contribution is 2.12. The molecule has 3 heteroatoms. The van der Waals surface area contributed by atoms with E-state index in [4.69, 9.17) is 4.74 Å². The summed E-state index contributed by atoms with van der Waals surface area (Å²) in [6.07, 6.45) is 0.594. The van der Waals surface area contributed by atoms with E-state index in [9.17, 15) is 5.11 Å². The van der Waals surface area contributed by atoms with E-state index < -0.39 is 6.10 Å². The second-order valence-electron chi connectivity index (χ2n) is 5.45. The molecule has 1 rings (SSSR count). The minimum absolute atomic E-state index is 0.324. The van der Waals surface area contributed by atoms with Crippen molar-refractivity contribution in [2.75, 3.05) is 13.2 Å². The van der Waals surface area contributed by atoms with Gasteiger partial charge in [-0.3, -0.25) is 0 Å². The van der Waals surface area contributed by atoms with Gasteiger partial charge < -0.3 is 15.2 Å². The van der Waals surface area contributed by atoms with Crippen molar-refractivity contribution in [3.8, 4) is 5.75 Å². The van der Waals surface area contributed by atoms with Crippen LogP contribution in [-0.2, 0) is 0 Å². The Morgan fingerprint density at radius 3 is 2.63 bits per heavy atom. The van der Waals surface area contributed by atoms with Crippen molar-refractivity contribution in [2.24, 2.45) is 5.92 Å². The number of nitrogens with one attached hydrogen (secondary N) is 1. The Morgan fingerprint density at radius 2 is 2.05 bits per heavy atom. The molecule has 3 nitrogen and oxygen atoms in total. The van der Waals surface area contributed by atoms with Gasteiger partial charge in [0.2, 0.25) is 0 Å². The molecule has 0 heterocycles. The molecule has 108 valence electrons. The standard InChI is InChI=1S/C16H27NO2/c1-5-16(12(2)3)17-10-14(18)11-19-15-8-6-7-13(4)9-15/h6-9,12,14,16-18H,5,10-11H2,1-4H3. The molecule has 2 atom stereocenters. The van der Waals surface area contributed by atoms with Gasteiger partial charge in [0.1, 0.15) is 18.5 Å². The van der Waals surface area contributed by atoms with E-state index >= 15 is 0 Å². The van der Waals surface area contributed by atoms with Crippen molar-refractivity contribution in [2.45, 2.75) is 46.3 Å². The van der Waals surface area contributed by atoms with Crippen molar-refractivity contribution in [3.05, 3.63) is 29.8 Å². The first kappa shape index (κ1) is 16.0.